The van der Waals surface area contributed by atoms with Gasteiger partial charge in [0.2, 0.25) is 0 Å². The number of hydrogen-bond donors (Lipinski definition) is 0. The molecule has 10 heavy (non-hydrogen) atoms. The monoisotopic (exact) mass is 160 g/mol. The summed E-state index contributed by atoms with van der Waals surface area (Å²) in [6, 6.07) is 0. The zero-order valence-electron chi connectivity index (χ0n) is 6.25. The van der Waals surface area contributed by atoms with E-state index in [1.165, 1.54) is 0 Å². The molecule has 0 amide bonds. The summed E-state index contributed by atoms with van der Waals surface area (Å²) in [7, 11) is 0. The van der Waals surface area contributed by atoms with Gasteiger partial charge in [0.05, 0.1) is 0 Å². The molecule has 0 aromatic heterocycles. The maximum absolute atomic E-state index is 3.75. The second-order valence-electron chi connectivity index (χ2n) is 1.84. The first-order valence-corrected chi connectivity index (χ1v) is 3.08. The van der Waals surface area contributed by atoms with Gasteiger partial charge in [-0.25, -0.2) is 0 Å². The number of halogens is 1. The lowest BCUT2D eigenvalue weighted by molar-refractivity contribution is 0.371. The molecule has 0 N–H and O–H groups in total. The molecule has 0 aromatic carbocycles. The van der Waals surface area contributed by atoms with Gasteiger partial charge in [-0.2, -0.15) is 0 Å². The maximum Gasteiger partial charge on any atom is 0.0163 e. The topological polar surface area (TPSA) is 3.24 Å². The molecule has 2 heteroatoms. The van der Waals surface area contributed by atoms with E-state index >= 15 is 0 Å². The van der Waals surface area contributed by atoms with Crippen LogP contribution in [0.4, 0.5) is 0 Å². The summed E-state index contributed by atoms with van der Waals surface area (Å²) in [5.74, 6) is 0. The van der Waals surface area contributed by atoms with Crippen molar-refractivity contribution in [3.8, 4) is 0 Å². The summed E-state index contributed by atoms with van der Waals surface area (Å²) in [6.07, 6.45) is 3.74. The molecule has 0 bridgehead atoms. The predicted octanol–water partition coefficient (Wildman–Crippen LogP) is 1.92. The SMILES string of the molecule is Cl.[CH2]CN(CC=C)CC=C. The molecule has 0 spiro atoms. The maximum atomic E-state index is 3.75. The number of hydrogen-bond acceptors (Lipinski definition) is 1. The van der Waals surface area contributed by atoms with E-state index in [0.29, 0.717) is 0 Å². The van der Waals surface area contributed by atoms with Crippen LogP contribution in [0.15, 0.2) is 25.3 Å². The van der Waals surface area contributed by atoms with Gasteiger partial charge in [0, 0.05) is 13.1 Å². The van der Waals surface area contributed by atoms with E-state index in [0.717, 1.165) is 19.6 Å². The Morgan fingerprint density at radius 1 is 1.10 bits per heavy atom. The van der Waals surface area contributed by atoms with Crippen LogP contribution in [0.5, 0.6) is 0 Å². The summed E-state index contributed by atoms with van der Waals surface area (Å²) >= 11 is 0. The second kappa shape index (κ2) is 8.73. The molecule has 59 valence electrons. The van der Waals surface area contributed by atoms with E-state index in [9.17, 15) is 0 Å². The highest BCUT2D eigenvalue weighted by molar-refractivity contribution is 5.85. The van der Waals surface area contributed by atoms with Gasteiger partial charge in [-0.3, -0.25) is 4.90 Å². The van der Waals surface area contributed by atoms with E-state index in [1.54, 1.807) is 0 Å². The average Bonchev–Trinajstić information content (AvgIpc) is 1.88. The molecule has 0 aliphatic heterocycles. The molecule has 0 aliphatic carbocycles. The highest BCUT2D eigenvalue weighted by Crippen LogP contribution is 1.85. The van der Waals surface area contributed by atoms with Crippen LogP contribution in [0.1, 0.15) is 0 Å². The molecule has 0 saturated heterocycles. The van der Waals surface area contributed by atoms with E-state index in [-0.39, 0.29) is 12.4 Å². The minimum Gasteiger partial charge on any atom is -0.296 e. The van der Waals surface area contributed by atoms with Crippen molar-refractivity contribution in [2.45, 2.75) is 0 Å². The van der Waals surface area contributed by atoms with Gasteiger partial charge in [-0.15, -0.1) is 25.6 Å². The lowest BCUT2D eigenvalue weighted by atomic mass is 10.4. The largest absolute Gasteiger partial charge is 0.296 e. The minimum atomic E-state index is 0. The van der Waals surface area contributed by atoms with Crippen molar-refractivity contribution in [2.75, 3.05) is 19.6 Å². The molecular weight excluding hydrogens is 146 g/mol. The first-order valence-electron chi connectivity index (χ1n) is 3.08. The highest BCUT2D eigenvalue weighted by Gasteiger charge is 1.92. The Labute approximate surface area is 69.8 Å². The molecular formula is C8H15ClN. The van der Waals surface area contributed by atoms with Gasteiger partial charge >= 0.3 is 0 Å². The Morgan fingerprint density at radius 3 is 1.70 bits per heavy atom. The normalized spacial score (nSPS) is 8.60. The van der Waals surface area contributed by atoms with Crippen LogP contribution in [0.25, 0.3) is 0 Å². The first-order chi connectivity index (χ1) is 4.35. The van der Waals surface area contributed by atoms with Crippen LogP contribution in [-0.2, 0) is 0 Å². The fourth-order valence-electron chi connectivity index (χ4n) is 0.622. The highest BCUT2D eigenvalue weighted by atomic mass is 35.5. The Hall–Kier alpha value is -0.270. The van der Waals surface area contributed by atoms with Gasteiger partial charge in [-0.05, 0) is 13.5 Å². The molecule has 0 saturated carbocycles. The predicted molar refractivity (Wildman–Crippen MR) is 49.4 cm³/mol. The number of rotatable bonds is 5. The summed E-state index contributed by atoms with van der Waals surface area (Å²) in [5, 5.41) is 0. The molecule has 0 aliphatic rings. The van der Waals surface area contributed by atoms with Crippen molar-refractivity contribution in [3.63, 3.8) is 0 Å². The van der Waals surface area contributed by atoms with Crippen molar-refractivity contribution >= 4 is 12.4 Å². The Balaban J connectivity index is 0. The molecule has 1 radical (unpaired) electrons. The molecule has 0 atom stereocenters. The van der Waals surface area contributed by atoms with E-state index < -0.39 is 0 Å². The van der Waals surface area contributed by atoms with Crippen molar-refractivity contribution in [1.82, 2.24) is 4.90 Å². The van der Waals surface area contributed by atoms with Crippen LogP contribution < -0.4 is 0 Å². The lowest BCUT2D eigenvalue weighted by Gasteiger charge is -2.14. The molecule has 0 fully saturated rings. The summed E-state index contributed by atoms with van der Waals surface area (Å²) in [5.41, 5.74) is 0. The quantitative estimate of drug-likeness (QED) is 0.556. The van der Waals surface area contributed by atoms with Crippen LogP contribution >= 0.6 is 12.4 Å². The Bertz CT molecular complexity index is 81.3. The third-order valence-corrected chi connectivity index (χ3v) is 1.09. The van der Waals surface area contributed by atoms with Crippen LogP contribution in [0.3, 0.4) is 0 Å². The van der Waals surface area contributed by atoms with Crippen molar-refractivity contribution in [2.24, 2.45) is 0 Å². The van der Waals surface area contributed by atoms with Gasteiger partial charge in [0.1, 0.15) is 0 Å². The van der Waals surface area contributed by atoms with Crippen molar-refractivity contribution < 1.29 is 0 Å². The summed E-state index contributed by atoms with van der Waals surface area (Å²) in [6.45, 7) is 13.6. The summed E-state index contributed by atoms with van der Waals surface area (Å²) in [4.78, 5) is 2.14. The Kier molecular flexibility index (Phi) is 10.8. The zero-order valence-corrected chi connectivity index (χ0v) is 7.07. The smallest absolute Gasteiger partial charge is 0.0163 e. The van der Waals surface area contributed by atoms with Gasteiger partial charge in [0.25, 0.3) is 0 Å². The number of nitrogens with zero attached hydrogens (tertiary/aromatic N) is 1. The average molecular weight is 161 g/mol. The van der Waals surface area contributed by atoms with Crippen LogP contribution in [-0.4, -0.2) is 24.5 Å². The molecule has 0 unspecified atom stereocenters. The van der Waals surface area contributed by atoms with Crippen molar-refractivity contribution in [1.29, 1.82) is 0 Å². The van der Waals surface area contributed by atoms with Crippen LogP contribution in [0.2, 0.25) is 0 Å². The van der Waals surface area contributed by atoms with E-state index in [2.05, 4.69) is 25.0 Å². The molecule has 0 aromatic rings. The van der Waals surface area contributed by atoms with E-state index in [1.807, 2.05) is 12.2 Å². The zero-order chi connectivity index (χ0) is 7.11. The standard InChI is InChI=1S/C8H14N.ClH/c1-4-7-9(6-3)8-5-2;/h4-5H,1-3,6-8H2;1H. The molecule has 0 heterocycles. The van der Waals surface area contributed by atoms with Gasteiger partial charge in [-0.1, -0.05) is 12.2 Å². The second-order valence-corrected chi connectivity index (χ2v) is 1.84. The Morgan fingerprint density at radius 2 is 1.50 bits per heavy atom. The van der Waals surface area contributed by atoms with Crippen molar-refractivity contribution in [3.05, 3.63) is 32.2 Å². The fourth-order valence-corrected chi connectivity index (χ4v) is 0.622. The third-order valence-electron chi connectivity index (χ3n) is 1.09. The minimum absolute atomic E-state index is 0. The van der Waals surface area contributed by atoms with E-state index in [4.69, 9.17) is 0 Å². The summed E-state index contributed by atoms with van der Waals surface area (Å²) < 4.78 is 0. The van der Waals surface area contributed by atoms with Gasteiger partial charge < -0.3 is 0 Å². The molecule has 0 rings (SSSR count). The lowest BCUT2D eigenvalue weighted by Crippen LogP contribution is -2.23. The fraction of sp³-hybridized carbons (Fsp3) is 0.375. The van der Waals surface area contributed by atoms with Crippen LogP contribution in [0, 0.1) is 6.92 Å². The molecule has 1 nitrogen and oxygen atoms in total. The van der Waals surface area contributed by atoms with Gasteiger partial charge in [0.15, 0.2) is 0 Å². The third kappa shape index (κ3) is 5.86. The first kappa shape index (κ1) is 12.4.